The Morgan fingerprint density at radius 3 is 1.86 bits per heavy atom. The summed E-state index contributed by atoms with van der Waals surface area (Å²) in [5.41, 5.74) is 13.5. The predicted molar refractivity (Wildman–Crippen MR) is 141 cm³/mol. The smallest absolute Gasteiger partial charge is 0.249 e. The third kappa shape index (κ3) is 6.25. The molecule has 1 aromatic rings. The molecule has 3 amide bonds. The molecule has 3 rings (SSSR count). The monoisotopic (exact) mass is 483 g/mol. The average Bonchev–Trinajstić information content (AvgIpc) is 2.83. The van der Waals surface area contributed by atoms with E-state index in [4.69, 9.17) is 11.5 Å². The van der Waals surface area contributed by atoms with Crippen LogP contribution in [0.15, 0.2) is 12.1 Å². The second-order valence-corrected chi connectivity index (χ2v) is 11.9. The number of rotatable bonds is 8. The van der Waals surface area contributed by atoms with Crippen molar-refractivity contribution in [3.8, 4) is 0 Å². The van der Waals surface area contributed by atoms with Gasteiger partial charge in [-0.05, 0) is 98.1 Å². The minimum absolute atomic E-state index is 0.0613. The first kappa shape index (κ1) is 27.2. The maximum absolute atomic E-state index is 13.1. The number of hydrogen-bond acceptors (Lipinski definition) is 3. The molecule has 35 heavy (non-hydrogen) atoms. The average molecular weight is 484 g/mol. The number of benzene rings is 1. The third-order valence-electron chi connectivity index (χ3n) is 9.22. The van der Waals surface area contributed by atoms with Gasteiger partial charge < -0.3 is 16.8 Å². The zero-order valence-corrected chi connectivity index (χ0v) is 22.3. The standard InChI is InChI=1S/C29H45N3O3/c1-6-29(4,5)21-13-11-20(12-14-21)28(35)32-22-15-23(26(30)33)25(24(16-22)27(31)34)19-9-7-18(8-10-19)17(2)3/h15-21H,6-14H2,1-5H3,(H2,30,33)(H2,31,34)(H,32,35)/t18-,19+,20-,21+. The van der Waals surface area contributed by atoms with E-state index in [-0.39, 0.29) is 17.7 Å². The van der Waals surface area contributed by atoms with E-state index in [1.807, 2.05) is 0 Å². The molecular weight excluding hydrogens is 438 g/mol. The van der Waals surface area contributed by atoms with Crippen LogP contribution in [0.25, 0.3) is 0 Å². The number of carbonyl (C=O) groups is 3. The Morgan fingerprint density at radius 2 is 1.43 bits per heavy atom. The molecule has 0 aliphatic heterocycles. The number of hydrogen-bond donors (Lipinski definition) is 3. The molecule has 1 aromatic carbocycles. The highest BCUT2D eigenvalue weighted by Crippen LogP contribution is 2.43. The van der Waals surface area contributed by atoms with Gasteiger partial charge in [0.25, 0.3) is 0 Å². The lowest BCUT2D eigenvalue weighted by Gasteiger charge is -2.38. The number of amides is 3. The number of primary amides is 2. The van der Waals surface area contributed by atoms with E-state index in [1.54, 1.807) is 12.1 Å². The van der Waals surface area contributed by atoms with Crippen LogP contribution >= 0.6 is 0 Å². The van der Waals surface area contributed by atoms with E-state index in [9.17, 15) is 14.4 Å². The fourth-order valence-corrected chi connectivity index (χ4v) is 6.32. The van der Waals surface area contributed by atoms with Crippen LogP contribution in [0.1, 0.15) is 125 Å². The van der Waals surface area contributed by atoms with Gasteiger partial charge in [0.05, 0.1) is 0 Å². The fraction of sp³-hybridized carbons (Fsp3) is 0.690. The molecule has 0 radical (unpaired) electrons. The molecule has 5 N–H and O–H groups in total. The van der Waals surface area contributed by atoms with Gasteiger partial charge in [0.1, 0.15) is 0 Å². The van der Waals surface area contributed by atoms with E-state index >= 15 is 0 Å². The van der Waals surface area contributed by atoms with Crippen molar-refractivity contribution < 1.29 is 14.4 Å². The summed E-state index contributed by atoms with van der Waals surface area (Å²) in [6.45, 7) is 11.3. The quantitative estimate of drug-likeness (QED) is 0.421. The number of nitrogens with two attached hydrogens (primary N) is 2. The summed E-state index contributed by atoms with van der Waals surface area (Å²) in [5, 5.41) is 2.97. The van der Waals surface area contributed by atoms with Gasteiger partial charge in [0.2, 0.25) is 17.7 Å². The topological polar surface area (TPSA) is 115 Å². The Balaban J connectivity index is 1.80. The van der Waals surface area contributed by atoms with Crippen molar-refractivity contribution in [3.63, 3.8) is 0 Å². The highest BCUT2D eigenvalue weighted by Gasteiger charge is 2.35. The number of anilines is 1. The van der Waals surface area contributed by atoms with Crippen molar-refractivity contribution in [2.75, 3.05) is 5.32 Å². The van der Waals surface area contributed by atoms with Crippen molar-refractivity contribution in [2.24, 2.45) is 40.6 Å². The first-order valence-electron chi connectivity index (χ1n) is 13.5. The molecule has 0 bridgehead atoms. The minimum atomic E-state index is -0.591. The Kier molecular flexibility index (Phi) is 8.66. The molecule has 194 valence electrons. The van der Waals surface area contributed by atoms with E-state index in [0.29, 0.717) is 45.5 Å². The summed E-state index contributed by atoms with van der Waals surface area (Å²) in [6, 6.07) is 3.28. The predicted octanol–water partition coefficient (Wildman–Crippen LogP) is 6.00. The van der Waals surface area contributed by atoms with Gasteiger partial charge in [-0.25, -0.2) is 0 Å². The molecule has 0 saturated heterocycles. The molecule has 6 heteroatoms. The van der Waals surface area contributed by atoms with E-state index in [1.165, 1.54) is 0 Å². The van der Waals surface area contributed by atoms with Gasteiger partial charge in [-0.2, -0.15) is 0 Å². The maximum Gasteiger partial charge on any atom is 0.249 e. The Bertz CT molecular complexity index is 901. The van der Waals surface area contributed by atoms with Crippen molar-refractivity contribution in [3.05, 3.63) is 28.8 Å². The SMILES string of the molecule is CCC(C)(C)[C@H]1CC[C@@H](C(=O)Nc2cc(C(N)=O)c([C@H]3CC[C@@H](C(C)C)CC3)c(C(N)=O)c2)CC1. The van der Waals surface area contributed by atoms with Crippen LogP contribution in [0, 0.1) is 29.1 Å². The van der Waals surface area contributed by atoms with E-state index in [0.717, 1.165) is 57.8 Å². The maximum atomic E-state index is 13.1. The summed E-state index contributed by atoms with van der Waals surface area (Å²) in [7, 11) is 0. The van der Waals surface area contributed by atoms with Crippen molar-refractivity contribution in [2.45, 2.75) is 98.3 Å². The van der Waals surface area contributed by atoms with E-state index < -0.39 is 11.8 Å². The molecule has 0 aromatic heterocycles. The Morgan fingerprint density at radius 1 is 0.914 bits per heavy atom. The van der Waals surface area contributed by atoms with Gasteiger partial charge in [-0.3, -0.25) is 14.4 Å². The Labute approximate surface area is 211 Å². The molecule has 2 fully saturated rings. The molecule has 6 nitrogen and oxygen atoms in total. The molecule has 2 saturated carbocycles. The van der Waals surface area contributed by atoms with Crippen molar-refractivity contribution >= 4 is 23.4 Å². The number of carbonyl (C=O) groups excluding carboxylic acids is 3. The Hall–Kier alpha value is -2.37. The van der Waals surface area contributed by atoms with E-state index in [2.05, 4.69) is 39.9 Å². The molecule has 0 spiro atoms. The zero-order valence-electron chi connectivity index (χ0n) is 22.3. The van der Waals surface area contributed by atoms with Gasteiger partial charge in [-0.15, -0.1) is 0 Å². The van der Waals surface area contributed by atoms with Crippen LogP contribution in [0.4, 0.5) is 5.69 Å². The molecule has 2 aliphatic rings. The second-order valence-electron chi connectivity index (χ2n) is 11.9. The van der Waals surface area contributed by atoms with Crippen LogP contribution in [-0.4, -0.2) is 17.7 Å². The summed E-state index contributed by atoms with van der Waals surface area (Å²) in [5.74, 6) is 0.646. The lowest BCUT2D eigenvalue weighted by atomic mass is 9.67. The van der Waals surface area contributed by atoms with Crippen molar-refractivity contribution in [1.29, 1.82) is 0 Å². The van der Waals surface area contributed by atoms with Crippen LogP contribution in [0.2, 0.25) is 0 Å². The van der Waals surface area contributed by atoms with Gasteiger partial charge in [-0.1, -0.05) is 41.0 Å². The highest BCUT2D eigenvalue weighted by atomic mass is 16.2. The zero-order chi connectivity index (χ0) is 25.9. The van der Waals surface area contributed by atoms with Crippen LogP contribution < -0.4 is 16.8 Å². The summed E-state index contributed by atoms with van der Waals surface area (Å²) in [4.78, 5) is 38.0. The van der Waals surface area contributed by atoms with Crippen molar-refractivity contribution in [1.82, 2.24) is 0 Å². The second kappa shape index (κ2) is 11.1. The van der Waals surface area contributed by atoms with Gasteiger partial charge in [0.15, 0.2) is 0 Å². The highest BCUT2D eigenvalue weighted by molar-refractivity contribution is 6.04. The summed E-state index contributed by atoms with van der Waals surface area (Å²) < 4.78 is 0. The fourth-order valence-electron chi connectivity index (χ4n) is 6.32. The lowest BCUT2D eigenvalue weighted by Crippen LogP contribution is -2.32. The molecule has 0 heterocycles. The lowest BCUT2D eigenvalue weighted by molar-refractivity contribution is -0.121. The largest absolute Gasteiger partial charge is 0.366 e. The van der Waals surface area contributed by atoms with Crippen LogP contribution in [0.5, 0.6) is 0 Å². The molecule has 0 unspecified atom stereocenters. The van der Waals surface area contributed by atoms with Crippen LogP contribution in [-0.2, 0) is 4.79 Å². The molecular formula is C29H45N3O3. The molecule has 0 atom stereocenters. The summed E-state index contributed by atoms with van der Waals surface area (Å²) in [6.07, 6.45) is 8.80. The number of nitrogens with one attached hydrogen (secondary N) is 1. The summed E-state index contributed by atoms with van der Waals surface area (Å²) >= 11 is 0. The van der Waals surface area contributed by atoms with Crippen LogP contribution in [0.3, 0.4) is 0 Å². The third-order valence-corrected chi connectivity index (χ3v) is 9.22. The van der Waals surface area contributed by atoms with Gasteiger partial charge >= 0.3 is 0 Å². The van der Waals surface area contributed by atoms with Gasteiger partial charge in [0, 0.05) is 22.7 Å². The normalized spacial score (nSPS) is 25.3. The first-order chi connectivity index (χ1) is 16.4. The first-order valence-corrected chi connectivity index (χ1v) is 13.5. The minimum Gasteiger partial charge on any atom is -0.366 e. The molecule has 2 aliphatic carbocycles.